The third-order valence-electron chi connectivity index (χ3n) is 3.58. The summed E-state index contributed by atoms with van der Waals surface area (Å²) in [6, 6.07) is 14.2. The zero-order chi connectivity index (χ0) is 17.5. The second-order valence-electron chi connectivity index (χ2n) is 5.57. The fourth-order valence-electron chi connectivity index (χ4n) is 2.18. The van der Waals surface area contributed by atoms with E-state index in [0.717, 1.165) is 11.3 Å². The van der Waals surface area contributed by atoms with Crippen LogP contribution >= 0.6 is 0 Å². The van der Waals surface area contributed by atoms with Gasteiger partial charge in [-0.25, -0.2) is 4.79 Å². The zero-order valence-electron chi connectivity index (χ0n) is 14.1. The molecule has 6 heteroatoms. The lowest BCUT2D eigenvalue weighted by Crippen LogP contribution is -2.32. The number of methoxy groups -OCH3 is 1. The summed E-state index contributed by atoms with van der Waals surface area (Å²) in [6.07, 6.45) is -0.766. The van der Waals surface area contributed by atoms with Crippen molar-refractivity contribution in [2.45, 2.75) is 6.10 Å². The second-order valence-corrected chi connectivity index (χ2v) is 5.57. The molecule has 24 heavy (non-hydrogen) atoms. The SMILES string of the molecule is COc1cccc(NC(=O)NCC(O)c2ccc(N(C)C)cc2)c1. The van der Waals surface area contributed by atoms with Crippen molar-refractivity contribution >= 4 is 17.4 Å². The van der Waals surface area contributed by atoms with E-state index in [1.165, 1.54) is 0 Å². The van der Waals surface area contributed by atoms with Crippen LogP contribution < -0.4 is 20.3 Å². The smallest absolute Gasteiger partial charge is 0.319 e. The van der Waals surface area contributed by atoms with E-state index in [0.29, 0.717) is 11.4 Å². The van der Waals surface area contributed by atoms with Gasteiger partial charge in [0.15, 0.2) is 0 Å². The van der Waals surface area contributed by atoms with Crippen LogP contribution in [-0.4, -0.2) is 38.9 Å². The van der Waals surface area contributed by atoms with Gasteiger partial charge in [-0.15, -0.1) is 0 Å². The Morgan fingerprint density at radius 1 is 1.21 bits per heavy atom. The molecule has 0 saturated carbocycles. The predicted molar refractivity (Wildman–Crippen MR) is 95.7 cm³/mol. The number of rotatable bonds is 6. The molecule has 0 saturated heterocycles. The van der Waals surface area contributed by atoms with E-state index in [9.17, 15) is 9.90 Å². The molecule has 2 rings (SSSR count). The summed E-state index contributed by atoms with van der Waals surface area (Å²) in [5.41, 5.74) is 2.42. The van der Waals surface area contributed by atoms with Gasteiger partial charge in [0.05, 0.1) is 13.2 Å². The number of carbonyl (C=O) groups is 1. The number of anilines is 2. The summed E-state index contributed by atoms with van der Waals surface area (Å²) in [5.74, 6) is 0.661. The van der Waals surface area contributed by atoms with Crippen LogP contribution in [0.5, 0.6) is 5.75 Å². The van der Waals surface area contributed by atoms with Crippen LogP contribution in [0, 0.1) is 0 Å². The number of nitrogens with zero attached hydrogens (tertiary/aromatic N) is 1. The summed E-state index contributed by atoms with van der Waals surface area (Å²) in [4.78, 5) is 13.9. The molecule has 0 aliphatic heterocycles. The van der Waals surface area contributed by atoms with Gasteiger partial charge in [-0.3, -0.25) is 0 Å². The van der Waals surface area contributed by atoms with Crippen molar-refractivity contribution in [2.75, 3.05) is 38.0 Å². The number of ether oxygens (including phenoxy) is 1. The van der Waals surface area contributed by atoms with Gasteiger partial charge < -0.3 is 25.4 Å². The first-order valence-electron chi connectivity index (χ1n) is 7.64. The summed E-state index contributed by atoms with van der Waals surface area (Å²) >= 11 is 0. The Morgan fingerprint density at radius 3 is 2.54 bits per heavy atom. The van der Waals surface area contributed by atoms with Gasteiger partial charge in [-0.05, 0) is 29.8 Å². The third kappa shape index (κ3) is 4.89. The average molecular weight is 329 g/mol. The van der Waals surface area contributed by atoms with E-state index in [1.54, 1.807) is 31.4 Å². The molecule has 0 aliphatic carbocycles. The van der Waals surface area contributed by atoms with Gasteiger partial charge in [0.25, 0.3) is 0 Å². The van der Waals surface area contributed by atoms with Crippen molar-refractivity contribution in [3.8, 4) is 5.75 Å². The van der Waals surface area contributed by atoms with Crippen LogP contribution in [0.1, 0.15) is 11.7 Å². The number of benzene rings is 2. The molecule has 0 aromatic heterocycles. The lowest BCUT2D eigenvalue weighted by Gasteiger charge is -2.16. The Hall–Kier alpha value is -2.73. The van der Waals surface area contributed by atoms with E-state index >= 15 is 0 Å². The normalized spacial score (nSPS) is 11.5. The monoisotopic (exact) mass is 329 g/mol. The van der Waals surface area contributed by atoms with Gasteiger partial charge in [0.1, 0.15) is 5.75 Å². The number of nitrogens with one attached hydrogen (secondary N) is 2. The maximum atomic E-state index is 11.9. The molecule has 0 aliphatic rings. The maximum Gasteiger partial charge on any atom is 0.319 e. The number of aliphatic hydroxyl groups excluding tert-OH is 1. The summed E-state index contributed by atoms with van der Waals surface area (Å²) < 4.78 is 5.10. The standard InChI is InChI=1S/C18H23N3O3/c1-21(2)15-9-7-13(8-10-15)17(22)12-19-18(23)20-14-5-4-6-16(11-14)24-3/h4-11,17,22H,12H2,1-3H3,(H2,19,20,23). The Kier molecular flexibility index (Phi) is 6.03. The molecule has 0 heterocycles. The number of aliphatic hydroxyl groups is 1. The van der Waals surface area contributed by atoms with Crippen LogP contribution in [0.15, 0.2) is 48.5 Å². The quantitative estimate of drug-likeness (QED) is 0.762. The van der Waals surface area contributed by atoms with Gasteiger partial charge in [-0.1, -0.05) is 18.2 Å². The van der Waals surface area contributed by atoms with Crippen LogP contribution in [0.4, 0.5) is 16.2 Å². The summed E-state index contributed by atoms with van der Waals surface area (Å²) in [6.45, 7) is 0.122. The number of hydrogen-bond acceptors (Lipinski definition) is 4. The first-order chi connectivity index (χ1) is 11.5. The van der Waals surface area contributed by atoms with Gasteiger partial charge in [0, 0.05) is 38.1 Å². The maximum absolute atomic E-state index is 11.9. The highest BCUT2D eigenvalue weighted by Gasteiger charge is 2.10. The molecular formula is C18H23N3O3. The van der Waals surface area contributed by atoms with Crippen molar-refractivity contribution in [3.63, 3.8) is 0 Å². The lowest BCUT2D eigenvalue weighted by molar-refractivity contribution is 0.175. The highest BCUT2D eigenvalue weighted by atomic mass is 16.5. The number of urea groups is 1. The molecular weight excluding hydrogens is 306 g/mol. The fourth-order valence-corrected chi connectivity index (χ4v) is 2.18. The minimum absolute atomic E-state index is 0.122. The molecule has 0 radical (unpaired) electrons. The molecule has 1 unspecified atom stereocenters. The minimum Gasteiger partial charge on any atom is -0.497 e. The molecule has 128 valence electrons. The Morgan fingerprint density at radius 2 is 1.92 bits per heavy atom. The first-order valence-corrected chi connectivity index (χ1v) is 7.64. The van der Waals surface area contributed by atoms with E-state index in [-0.39, 0.29) is 12.6 Å². The summed E-state index contributed by atoms with van der Waals surface area (Å²) in [5, 5.41) is 15.5. The Balaban J connectivity index is 1.86. The van der Waals surface area contributed by atoms with Crippen LogP contribution in [0.3, 0.4) is 0 Å². The molecule has 1 atom stereocenters. The van der Waals surface area contributed by atoms with Crippen molar-refractivity contribution in [1.29, 1.82) is 0 Å². The van der Waals surface area contributed by atoms with E-state index in [4.69, 9.17) is 4.74 Å². The largest absolute Gasteiger partial charge is 0.497 e. The number of carbonyl (C=O) groups excluding carboxylic acids is 1. The van der Waals surface area contributed by atoms with Gasteiger partial charge in [-0.2, -0.15) is 0 Å². The van der Waals surface area contributed by atoms with E-state index < -0.39 is 6.10 Å². The van der Waals surface area contributed by atoms with Crippen molar-refractivity contribution in [3.05, 3.63) is 54.1 Å². The molecule has 0 fully saturated rings. The number of hydrogen-bond donors (Lipinski definition) is 3. The number of amides is 2. The molecule has 2 amide bonds. The second kappa shape index (κ2) is 8.21. The van der Waals surface area contributed by atoms with Crippen LogP contribution in [0.25, 0.3) is 0 Å². The predicted octanol–water partition coefficient (Wildman–Crippen LogP) is 2.62. The molecule has 0 spiro atoms. The average Bonchev–Trinajstić information content (AvgIpc) is 2.60. The highest BCUT2D eigenvalue weighted by molar-refractivity contribution is 5.89. The van der Waals surface area contributed by atoms with Crippen molar-refractivity contribution in [2.24, 2.45) is 0 Å². The summed E-state index contributed by atoms with van der Waals surface area (Å²) in [7, 11) is 5.48. The fraction of sp³-hybridized carbons (Fsp3) is 0.278. The van der Waals surface area contributed by atoms with Gasteiger partial charge >= 0.3 is 6.03 Å². The van der Waals surface area contributed by atoms with Crippen LogP contribution in [0.2, 0.25) is 0 Å². The third-order valence-corrected chi connectivity index (χ3v) is 3.58. The minimum atomic E-state index is -0.766. The van der Waals surface area contributed by atoms with E-state index in [1.807, 2.05) is 43.3 Å². The van der Waals surface area contributed by atoms with Crippen molar-refractivity contribution in [1.82, 2.24) is 5.32 Å². The topological polar surface area (TPSA) is 73.8 Å². The van der Waals surface area contributed by atoms with Crippen LogP contribution in [-0.2, 0) is 0 Å². The molecule has 6 nitrogen and oxygen atoms in total. The molecule has 3 N–H and O–H groups in total. The van der Waals surface area contributed by atoms with E-state index in [2.05, 4.69) is 10.6 Å². The molecule has 2 aromatic carbocycles. The zero-order valence-corrected chi connectivity index (χ0v) is 14.1. The Labute approximate surface area is 142 Å². The lowest BCUT2D eigenvalue weighted by atomic mass is 10.1. The Bertz CT molecular complexity index is 671. The highest BCUT2D eigenvalue weighted by Crippen LogP contribution is 2.18. The molecule has 2 aromatic rings. The van der Waals surface area contributed by atoms with Gasteiger partial charge in [0.2, 0.25) is 0 Å². The van der Waals surface area contributed by atoms with Crippen molar-refractivity contribution < 1.29 is 14.6 Å². The molecule has 0 bridgehead atoms. The first kappa shape index (κ1) is 17.6.